The van der Waals surface area contributed by atoms with Gasteiger partial charge < -0.3 is 4.42 Å². The number of halogens is 1. The molecule has 2 nitrogen and oxygen atoms in total. The largest absolute Gasteiger partial charge is 0.447 e. The van der Waals surface area contributed by atoms with Crippen LogP contribution in [0, 0.1) is 0 Å². The molecule has 56 valence electrons. The third kappa shape index (κ3) is 1.51. The summed E-state index contributed by atoms with van der Waals surface area (Å²) in [7, 11) is 0. The molecule has 0 amide bonds. The summed E-state index contributed by atoms with van der Waals surface area (Å²) in [4.78, 5) is 4.13. The van der Waals surface area contributed by atoms with Crippen LogP contribution >= 0.6 is 11.6 Å². The first-order valence-electron chi connectivity index (χ1n) is 3.32. The maximum absolute atomic E-state index is 5.72. The number of aromatic nitrogens is 1. The molecule has 0 aromatic carbocycles. The smallest absolute Gasteiger partial charge is 0.211 e. The van der Waals surface area contributed by atoms with Gasteiger partial charge in [-0.05, 0) is 13.3 Å². The van der Waals surface area contributed by atoms with Gasteiger partial charge in [0, 0.05) is 0 Å². The molecule has 1 aromatic rings. The van der Waals surface area contributed by atoms with Crippen molar-refractivity contribution in [2.45, 2.75) is 25.6 Å². The molecule has 0 N–H and O–H groups in total. The van der Waals surface area contributed by atoms with E-state index in [-0.39, 0.29) is 5.38 Å². The maximum atomic E-state index is 5.72. The molecule has 1 rings (SSSR count). The van der Waals surface area contributed by atoms with Gasteiger partial charge in [-0.2, -0.15) is 0 Å². The van der Waals surface area contributed by atoms with Crippen molar-refractivity contribution in [3.05, 3.63) is 17.8 Å². The van der Waals surface area contributed by atoms with Gasteiger partial charge in [0.05, 0.1) is 5.69 Å². The first-order chi connectivity index (χ1) is 4.74. The van der Waals surface area contributed by atoms with Crippen molar-refractivity contribution in [1.82, 2.24) is 4.98 Å². The van der Waals surface area contributed by atoms with Crippen molar-refractivity contribution in [2.24, 2.45) is 0 Å². The SMILES string of the molecule is CCc1coc([C@H](C)Cl)n1. The van der Waals surface area contributed by atoms with E-state index in [1.807, 2.05) is 13.8 Å². The fraction of sp³-hybridized carbons (Fsp3) is 0.571. The quantitative estimate of drug-likeness (QED) is 0.620. The first-order valence-corrected chi connectivity index (χ1v) is 3.76. The molecular weight excluding hydrogens is 150 g/mol. The molecule has 0 aliphatic carbocycles. The number of alkyl halides is 1. The summed E-state index contributed by atoms with van der Waals surface area (Å²) in [5, 5.41) is -0.125. The van der Waals surface area contributed by atoms with E-state index >= 15 is 0 Å². The summed E-state index contributed by atoms with van der Waals surface area (Å²) in [5.41, 5.74) is 0.961. The minimum Gasteiger partial charge on any atom is -0.447 e. The zero-order valence-electron chi connectivity index (χ0n) is 6.10. The van der Waals surface area contributed by atoms with Gasteiger partial charge in [-0.1, -0.05) is 6.92 Å². The predicted molar refractivity (Wildman–Crippen MR) is 40.1 cm³/mol. The lowest BCUT2D eigenvalue weighted by Gasteiger charge is -1.91. The second kappa shape index (κ2) is 3.06. The highest BCUT2D eigenvalue weighted by Crippen LogP contribution is 2.17. The number of rotatable bonds is 2. The van der Waals surface area contributed by atoms with Crippen LogP contribution in [0.3, 0.4) is 0 Å². The minimum atomic E-state index is -0.125. The summed E-state index contributed by atoms with van der Waals surface area (Å²) in [6, 6.07) is 0. The molecule has 1 aromatic heterocycles. The maximum Gasteiger partial charge on any atom is 0.211 e. The third-order valence-electron chi connectivity index (χ3n) is 1.27. The zero-order chi connectivity index (χ0) is 7.56. The van der Waals surface area contributed by atoms with Crippen molar-refractivity contribution < 1.29 is 4.42 Å². The molecule has 10 heavy (non-hydrogen) atoms. The average molecular weight is 160 g/mol. The Morgan fingerprint density at radius 3 is 2.80 bits per heavy atom. The fourth-order valence-electron chi connectivity index (χ4n) is 0.668. The van der Waals surface area contributed by atoms with Crippen molar-refractivity contribution >= 4 is 11.6 Å². The number of aryl methyl sites for hydroxylation is 1. The normalized spacial score (nSPS) is 13.5. The van der Waals surface area contributed by atoms with Crippen molar-refractivity contribution in [3.8, 4) is 0 Å². The Bertz CT molecular complexity index is 207. The van der Waals surface area contributed by atoms with Crippen molar-refractivity contribution in [2.75, 3.05) is 0 Å². The molecule has 0 fully saturated rings. The van der Waals surface area contributed by atoms with Crippen LogP contribution in [0.4, 0.5) is 0 Å². The van der Waals surface area contributed by atoms with E-state index in [2.05, 4.69) is 4.98 Å². The number of hydrogen-bond donors (Lipinski definition) is 0. The Morgan fingerprint density at radius 2 is 2.50 bits per heavy atom. The second-order valence-electron chi connectivity index (χ2n) is 2.15. The topological polar surface area (TPSA) is 26.0 Å². The molecule has 0 saturated heterocycles. The summed E-state index contributed by atoms with van der Waals surface area (Å²) >= 11 is 5.72. The molecule has 0 bridgehead atoms. The standard InChI is InChI=1S/C7H10ClNO/c1-3-6-4-10-7(9-6)5(2)8/h4-5H,3H2,1-2H3/t5-/m0/s1. The minimum absolute atomic E-state index is 0.125. The van der Waals surface area contributed by atoms with Gasteiger partial charge in [0.2, 0.25) is 5.89 Å². The molecule has 1 heterocycles. The van der Waals surface area contributed by atoms with Gasteiger partial charge in [-0.25, -0.2) is 4.98 Å². The van der Waals surface area contributed by atoms with Crippen LogP contribution in [0.1, 0.15) is 30.8 Å². The Balaban J connectivity index is 2.78. The van der Waals surface area contributed by atoms with Crippen LogP contribution in [0.5, 0.6) is 0 Å². The Morgan fingerprint density at radius 1 is 1.80 bits per heavy atom. The Labute approximate surface area is 65.2 Å². The van der Waals surface area contributed by atoms with Crippen LogP contribution in [0.25, 0.3) is 0 Å². The highest BCUT2D eigenvalue weighted by molar-refractivity contribution is 6.20. The summed E-state index contributed by atoms with van der Waals surface area (Å²) in [6.07, 6.45) is 2.54. The van der Waals surface area contributed by atoms with E-state index < -0.39 is 0 Å². The molecular formula is C7H10ClNO. The second-order valence-corrected chi connectivity index (χ2v) is 2.80. The molecule has 0 aliphatic heterocycles. The third-order valence-corrected chi connectivity index (χ3v) is 1.46. The lowest BCUT2D eigenvalue weighted by atomic mass is 10.4. The number of oxazole rings is 1. The monoisotopic (exact) mass is 159 g/mol. The Hall–Kier alpha value is -0.500. The zero-order valence-corrected chi connectivity index (χ0v) is 6.85. The molecule has 0 saturated carbocycles. The van der Waals surface area contributed by atoms with Crippen LogP contribution in [0.2, 0.25) is 0 Å². The van der Waals surface area contributed by atoms with Crippen molar-refractivity contribution in [1.29, 1.82) is 0 Å². The van der Waals surface area contributed by atoms with Gasteiger partial charge in [-0.3, -0.25) is 0 Å². The Kier molecular flexibility index (Phi) is 2.33. The fourth-order valence-corrected chi connectivity index (χ4v) is 0.768. The highest BCUT2D eigenvalue weighted by atomic mass is 35.5. The van der Waals surface area contributed by atoms with Gasteiger partial charge in [0.25, 0.3) is 0 Å². The van der Waals surface area contributed by atoms with Crippen molar-refractivity contribution in [3.63, 3.8) is 0 Å². The van der Waals surface area contributed by atoms with Gasteiger partial charge in [0.15, 0.2) is 0 Å². The van der Waals surface area contributed by atoms with Crippen LogP contribution in [0.15, 0.2) is 10.7 Å². The lowest BCUT2D eigenvalue weighted by Crippen LogP contribution is -1.84. The van der Waals surface area contributed by atoms with E-state index in [1.165, 1.54) is 0 Å². The summed E-state index contributed by atoms with van der Waals surface area (Å²) < 4.78 is 5.07. The van der Waals surface area contributed by atoms with E-state index in [9.17, 15) is 0 Å². The van der Waals surface area contributed by atoms with E-state index in [1.54, 1.807) is 6.26 Å². The number of hydrogen-bond acceptors (Lipinski definition) is 2. The van der Waals surface area contributed by atoms with Crippen LogP contribution in [-0.2, 0) is 6.42 Å². The molecule has 3 heteroatoms. The van der Waals surface area contributed by atoms with Gasteiger partial charge >= 0.3 is 0 Å². The summed E-state index contributed by atoms with van der Waals surface area (Å²) in [6.45, 7) is 3.87. The van der Waals surface area contributed by atoms with E-state index in [0.29, 0.717) is 5.89 Å². The first kappa shape index (κ1) is 7.61. The van der Waals surface area contributed by atoms with E-state index in [4.69, 9.17) is 16.0 Å². The summed E-state index contributed by atoms with van der Waals surface area (Å²) in [5.74, 6) is 0.610. The average Bonchev–Trinajstić information content (AvgIpc) is 2.34. The number of nitrogens with zero attached hydrogens (tertiary/aromatic N) is 1. The lowest BCUT2D eigenvalue weighted by molar-refractivity contribution is 0.496. The molecule has 0 radical (unpaired) electrons. The van der Waals surface area contributed by atoms with Crippen LogP contribution in [-0.4, -0.2) is 4.98 Å². The van der Waals surface area contributed by atoms with Gasteiger partial charge in [-0.15, -0.1) is 11.6 Å². The van der Waals surface area contributed by atoms with Crippen LogP contribution < -0.4 is 0 Å². The highest BCUT2D eigenvalue weighted by Gasteiger charge is 2.07. The molecule has 0 unspecified atom stereocenters. The van der Waals surface area contributed by atoms with E-state index in [0.717, 1.165) is 12.1 Å². The molecule has 0 spiro atoms. The molecule has 1 atom stereocenters. The molecule has 0 aliphatic rings. The van der Waals surface area contributed by atoms with Gasteiger partial charge in [0.1, 0.15) is 11.6 Å². The predicted octanol–water partition coefficient (Wildman–Crippen LogP) is 2.54.